The van der Waals surface area contributed by atoms with E-state index >= 15 is 0 Å². The second-order valence-corrected chi connectivity index (χ2v) is 5.21. The zero-order valence-corrected chi connectivity index (χ0v) is 12.7. The van der Waals surface area contributed by atoms with Gasteiger partial charge in [-0.1, -0.05) is 19.1 Å². The third kappa shape index (κ3) is 3.47. The van der Waals surface area contributed by atoms with E-state index in [-0.39, 0.29) is 11.6 Å². The molecule has 1 aromatic carbocycles. The average Bonchev–Trinajstić information content (AvgIpc) is 2.40. The Morgan fingerprint density at radius 1 is 1.37 bits per heavy atom. The maximum absolute atomic E-state index is 5.81. The largest absolute Gasteiger partial charge is 0.494 e. The molecule has 0 spiro atoms. The van der Waals surface area contributed by atoms with Crippen molar-refractivity contribution in [3.8, 4) is 5.75 Å². The summed E-state index contributed by atoms with van der Waals surface area (Å²) in [4.78, 5) is 2.21. The van der Waals surface area contributed by atoms with Crippen LogP contribution in [0, 0.1) is 0 Å². The lowest BCUT2D eigenvalue weighted by molar-refractivity contribution is 0.113. The van der Waals surface area contributed by atoms with E-state index in [2.05, 4.69) is 50.4 Å². The topological polar surface area (TPSA) is 50.5 Å². The van der Waals surface area contributed by atoms with Crippen LogP contribution in [0.15, 0.2) is 24.3 Å². The van der Waals surface area contributed by atoms with Crippen LogP contribution in [0.2, 0.25) is 0 Å². The first-order valence-corrected chi connectivity index (χ1v) is 6.85. The Balaban J connectivity index is 3.11. The van der Waals surface area contributed by atoms with Crippen molar-refractivity contribution in [2.24, 2.45) is 5.84 Å². The van der Waals surface area contributed by atoms with Crippen LogP contribution < -0.4 is 16.0 Å². The third-order valence-corrected chi connectivity index (χ3v) is 4.03. The van der Waals surface area contributed by atoms with Crippen molar-refractivity contribution in [3.05, 3.63) is 29.8 Å². The molecule has 0 aliphatic rings. The summed E-state index contributed by atoms with van der Waals surface area (Å²) >= 11 is 0. The Kier molecular flexibility index (Phi) is 5.79. The van der Waals surface area contributed by atoms with Gasteiger partial charge in [0, 0.05) is 5.54 Å². The molecule has 0 amide bonds. The second-order valence-electron chi connectivity index (χ2n) is 5.21. The summed E-state index contributed by atoms with van der Waals surface area (Å²) in [7, 11) is 4.17. The highest BCUT2D eigenvalue weighted by Crippen LogP contribution is 2.33. The third-order valence-electron chi connectivity index (χ3n) is 4.03. The smallest absolute Gasteiger partial charge is 0.119 e. The summed E-state index contributed by atoms with van der Waals surface area (Å²) in [5.74, 6) is 6.70. The van der Waals surface area contributed by atoms with Gasteiger partial charge in [-0.05, 0) is 52.1 Å². The fourth-order valence-corrected chi connectivity index (χ4v) is 2.36. The van der Waals surface area contributed by atoms with Gasteiger partial charge in [0.05, 0.1) is 12.6 Å². The number of hydrogen-bond acceptors (Lipinski definition) is 4. The van der Waals surface area contributed by atoms with Gasteiger partial charge in [0.1, 0.15) is 5.75 Å². The normalized spacial score (nSPS) is 16.2. The van der Waals surface area contributed by atoms with E-state index in [0.29, 0.717) is 6.61 Å². The Labute approximate surface area is 116 Å². The molecule has 3 N–H and O–H groups in total. The maximum atomic E-state index is 5.81. The predicted molar refractivity (Wildman–Crippen MR) is 80.1 cm³/mol. The van der Waals surface area contributed by atoms with E-state index in [0.717, 1.165) is 17.7 Å². The molecule has 0 saturated heterocycles. The number of hydrogen-bond donors (Lipinski definition) is 2. The van der Waals surface area contributed by atoms with Gasteiger partial charge in [-0.2, -0.15) is 0 Å². The number of hydrazine groups is 1. The number of ether oxygens (including phenoxy) is 1. The SMILES string of the molecule is CCOc1cccc(C(NN)C(C)(CC)N(C)C)c1. The summed E-state index contributed by atoms with van der Waals surface area (Å²) < 4.78 is 5.57. The summed E-state index contributed by atoms with van der Waals surface area (Å²) in [6.07, 6.45) is 0.994. The van der Waals surface area contributed by atoms with Crippen LogP contribution in [0.1, 0.15) is 38.8 Å². The quantitative estimate of drug-likeness (QED) is 0.587. The summed E-state index contributed by atoms with van der Waals surface area (Å²) in [5, 5.41) is 0. The minimum absolute atomic E-state index is 0.0490. The zero-order chi connectivity index (χ0) is 14.5. The van der Waals surface area contributed by atoms with Crippen LogP contribution in [0.25, 0.3) is 0 Å². The summed E-state index contributed by atoms with van der Waals surface area (Å²) in [6.45, 7) is 7.05. The fourth-order valence-electron chi connectivity index (χ4n) is 2.36. The molecule has 0 bridgehead atoms. The van der Waals surface area contributed by atoms with Gasteiger partial charge in [0.2, 0.25) is 0 Å². The Morgan fingerprint density at radius 2 is 2.05 bits per heavy atom. The fraction of sp³-hybridized carbons (Fsp3) is 0.600. The molecule has 0 saturated carbocycles. The van der Waals surface area contributed by atoms with Crippen molar-refractivity contribution in [3.63, 3.8) is 0 Å². The second kappa shape index (κ2) is 6.89. The molecule has 2 atom stereocenters. The molecular weight excluding hydrogens is 238 g/mol. The van der Waals surface area contributed by atoms with Crippen LogP contribution in [0.3, 0.4) is 0 Å². The maximum Gasteiger partial charge on any atom is 0.119 e. The lowest BCUT2D eigenvalue weighted by atomic mass is 9.84. The van der Waals surface area contributed by atoms with Gasteiger partial charge < -0.3 is 9.64 Å². The van der Waals surface area contributed by atoms with Gasteiger partial charge in [0.15, 0.2) is 0 Å². The molecule has 108 valence electrons. The number of nitrogens with two attached hydrogens (primary N) is 1. The summed E-state index contributed by atoms with van der Waals surface area (Å²) in [6, 6.07) is 8.18. The van der Waals surface area contributed by atoms with Crippen molar-refractivity contribution in [2.75, 3.05) is 20.7 Å². The molecule has 0 fully saturated rings. The molecule has 2 unspecified atom stereocenters. The first-order valence-electron chi connectivity index (χ1n) is 6.85. The molecule has 1 aromatic rings. The predicted octanol–water partition coefficient (Wildman–Crippen LogP) is 2.32. The van der Waals surface area contributed by atoms with Gasteiger partial charge in [0.25, 0.3) is 0 Å². The van der Waals surface area contributed by atoms with Crippen molar-refractivity contribution in [2.45, 2.75) is 38.8 Å². The van der Waals surface area contributed by atoms with Gasteiger partial charge in [-0.3, -0.25) is 11.3 Å². The molecule has 1 rings (SSSR count). The number of likely N-dealkylation sites (N-methyl/N-ethyl adjacent to an activating group) is 1. The van der Waals surface area contributed by atoms with E-state index in [1.807, 2.05) is 19.1 Å². The lowest BCUT2D eigenvalue weighted by Crippen LogP contribution is -2.52. The average molecular weight is 265 g/mol. The number of nitrogens with zero attached hydrogens (tertiary/aromatic N) is 1. The summed E-state index contributed by atoms with van der Waals surface area (Å²) in [5.41, 5.74) is 4.05. The number of benzene rings is 1. The van der Waals surface area contributed by atoms with E-state index in [4.69, 9.17) is 10.6 Å². The van der Waals surface area contributed by atoms with E-state index < -0.39 is 0 Å². The van der Waals surface area contributed by atoms with Crippen molar-refractivity contribution < 1.29 is 4.74 Å². The Hall–Kier alpha value is -1.10. The van der Waals surface area contributed by atoms with Crippen LogP contribution >= 0.6 is 0 Å². The van der Waals surface area contributed by atoms with Crippen molar-refractivity contribution in [1.29, 1.82) is 0 Å². The van der Waals surface area contributed by atoms with Crippen LogP contribution in [0.4, 0.5) is 0 Å². The number of rotatable bonds is 7. The Bertz CT molecular complexity index is 395. The van der Waals surface area contributed by atoms with Gasteiger partial charge >= 0.3 is 0 Å². The minimum Gasteiger partial charge on any atom is -0.494 e. The highest BCUT2D eigenvalue weighted by molar-refractivity contribution is 5.32. The molecule has 19 heavy (non-hydrogen) atoms. The molecular formula is C15H27N3O. The Morgan fingerprint density at radius 3 is 2.53 bits per heavy atom. The monoisotopic (exact) mass is 265 g/mol. The molecule has 0 radical (unpaired) electrons. The molecule has 0 aliphatic heterocycles. The molecule has 0 heterocycles. The highest BCUT2D eigenvalue weighted by Gasteiger charge is 2.35. The zero-order valence-electron chi connectivity index (χ0n) is 12.7. The standard InChI is InChI=1S/C15H27N3O/c1-6-15(3,18(4)5)14(17-16)12-9-8-10-13(11-12)19-7-2/h8-11,14,17H,6-7,16H2,1-5H3. The first kappa shape index (κ1) is 16.0. The van der Waals surface area contributed by atoms with Crippen molar-refractivity contribution >= 4 is 0 Å². The van der Waals surface area contributed by atoms with Gasteiger partial charge in [-0.25, -0.2) is 0 Å². The molecule has 4 nitrogen and oxygen atoms in total. The van der Waals surface area contributed by atoms with Crippen LogP contribution in [0.5, 0.6) is 5.75 Å². The highest BCUT2D eigenvalue weighted by atomic mass is 16.5. The minimum atomic E-state index is -0.0560. The first-order chi connectivity index (χ1) is 8.99. The van der Waals surface area contributed by atoms with E-state index in [1.165, 1.54) is 0 Å². The van der Waals surface area contributed by atoms with Crippen LogP contribution in [-0.4, -0.2) is 31.1 Å². The number of nitrogens with one attached hydrogen (secondary N) is 1. The molecule has 4 heteroatoms. The van der Waals surface area contributed by atoms with E-state index in [9.17, 15) is 0 Å². The molecule has 0 aliphatic carbocycles. The van der Waals surface area contributed by atoms with Crippen LogP contribution in [-0.2, 0) is 0 Å². The lowest BCUT2D eigenvalue weighted by Gasteiger charge is -2.42. The molecule has 0 aromatic heterocycles. The van der Waals surface area contributed by atoms with Gasteiger partial charge in [-0.15, -0.1) is 0 Å². The van der Waals surface area contributed by atoms with E-state index in [1.54, 1.807) is 0 Å². The van der Waals surface area contributed by atoms with Crippen molar-refractivity contribution in [1.82, 2.24) is 10.3 Å².